The van der Waals surface area contributed by atoms with Crippen LogP contribution in [0.4, 0.5) is 4.79 Å². The van der Waals surface area contributed by atoms with E-state index < -0.39 is 6.09 Å². The number of ether oxygens (including phenoxy) is 1. The van der Waals surface area contributed by atoms with E-state index in [9.17, 15) is 4.79 Å². The number of carbonyl (C=O) groups is 1. The van der Waals surface area contributed by atoms with Gasteiger partial charge in [0, 0.05) is 6.54 Å². The van der Waals surface area contributed by atoms with Gasteiger partial charge in [-0.1, -0.05) is 0 Å². The molecule has 13 heavy (non-hydrogen) atoms. The van der Waals surface area contributed by atoms with Crippen molar-refractivity contribution in [2.24, 2.45) is 11.7 Å². The molecule has 7 nitrogen and oxygen atoms in total. The molecule has 0 aliphatic heterocycles. The van der Waals surface area contributed by atoms with Crippen LogP contribution < -0.4 is 27.9 Å². The lowest BCUT2D eigenvalue weighted by atomic mass is 10.3. The van der Waals surface area contributed by atoms with Gasteiger partial charge in [0.1, 0.15) is 0 Å². The fourth-order valence-electron chi connectivity index (χ4n) is 0.606. The van der Waals surface area contributed by atoms with Crippen molar-refractivity contribution in [1.29, 1.82) is 0 Å². The summed E-state index contributed by atoms with van der Waals surface area (Å²) in [6.45, 7) is 0.436. The molecule has 80 valence electrons. The van der Waals surface area contributed by atoms with E-state index in [0.29, 0.717) is 13.0 Å². The Kier molecular flexibility index (Phi) is 10.9. The third-order valence-electron chi connectivity index (χ3n) is 1.29. The van der Waals surface area contributed by atoms with Gasteiger partial charge >= 0.3 is 6.09 Å². The summed E-state index contributed by atoms with van der Waals surface area (Å²) in [6.07, 6.45) is -0.118. The van der Waals surface area contributed by atoms with Crippen molar-refractivity contribution in [1.82, 2.24) is 16.2 Å². The van der Waals surface area contributed by atoms with Crippen LogP contribution in [0.15, 0.2) is 0 Å². The lowest BCUT2D eigenvalue weighted by molar-refractivity contribution is 0.170. The van der Waals surface area contributed by atoms with E-state index in [1.165, 1.54) is 7.11 Å². The van der Waals surface area contributed by atoms with Crippen molar-refractivity contribution in [3.8, 4) is 0 Å². The van der Waals surface area contributed by atoms with Gasteiger partial charge in [0.2, 0.25) is 0 Å². The van der Waals surface area contributed by atoms with Gasteiger partial charge in [-0.05, 0) is 6.42 Å². The number of hydrazine groups is 2. The Morgan fingerprint density at radius 1 is 1.46 bits per heavy atom. The van der Waals surface area contributed by atoms with Crippen molar-refractivity contribution in [2.45, 2.75) is 12.6 Å². The molecule has 0 bridgehead atoms. The lowest BCUT2D eigenvalue weighted by Gasteiger charge is -2.13. The fraction of sp³-hybridized carbons (Fsp3) is 0.800. The zero-order chi connectivity index (χ0) is 9.40. The Balaban J connectivity index is 0. The van der Waals surface area contributed by atoms with Crippen LogP contribution in [0.5, 0.6) is 0 Å². The van der Waals surface area contributed by atoms with E-state index in [-0.39, 0.29) is 18.6 Å². The van der Waals surface area contributed by atoms with Gasteiger partial charge < -0.3 is 10.1 Å². The molecule has 0 aromatic carbocycles. The zero-order valence-electron chi connectivity index (χ0n) is 7.37. The number of hydrogen-bond acceptors (Lipinski definition) is 6. The minimum absolute atomic E-state index is 0. The Morgan fingerprint density at radius 2 is 2.00 bits per heavy atom. The van der Waals surface area contributed by atoms with Crippen LogP contribution in [-0.2, 0) is 4.74 Å². The Morgan fingerprint density at radius 3 is 2.38 bits per heavy atom. The third kappa shape index (κ3) is 7.75. The normalized spacial score (nSPS) is 9.23. The van der Waals surface area contributed by atoms with Gasteiger partial charge in [0.15, 0.2) is 0 Å². The van der Waals surface area contributed by atoms with Gasteiger partial charge in [-0.15, -0.1) is 12.4 Å². The molecule has 0 aliphatic carbocycles. The minimum Gasteiger partial charge on any atom is -0.453 e. The molecular formula is C5H16ClN5O2. The SMILES string of the molecule is COC(=O)NCCC(NN)NN.Cl. The van der Waals surface area contributed by atoms with E-state index in [4.69, 9.17) is 11.7 Å². The standard InChI is InChI=1S/C5H15N5O2.ClH/c1-12-5(11)8-3-2-4(9-6)10-7;/h4,9-10H,2-3,6-7H2,1H3,(H,8,11);1H. The molecule has 0 heterocycles. The molecule has 1 amide bonds. The van der Waals surface area contributed by atoms with Crippen LogP contribution in [0.2, 0.25) is 0 Å². The van der Waals surface area contributed by atoms with E-state index in [2.05, 4.69) is 20.9 Å². The van der Waals surface area contributed by atoms with Crippen LogP contribution in [0.25, 0.3) is 0 Å². The molecule has 0 rings (SSSR count). The number of hydrogen-bond donors (Lipinski definition) is 5. The smallest absolute Gasteiger partial charge is 0.406 e. The van der Waals surface area contributed by atoms with Crippen molar-refractivity contribution in [2.75, 3.05) is 13.7 Å². The second-order valence-electron chi connectivity index (χ2n) is 2.09. The van der Waals surface area contributed by atoms with Gasteiger partial charge in [0.25, 0.3) is 0 Å². The Bertz CT molecular complexity index is 132. The van der Waals surface area contributed by atoms with E-state index in [0.717, 1.165) is 0 Å². The van der Waals surface area contributed by atoms with Crippen molar-refractivity contribution < 1.29 is 9.53 Å². The maximum absolute atomic E-state index is 10.5. The number of nitrogens with two attached hydrogens (primary N) is 2. The van der Waals surface area contributed by atoms with Crippen molar-refractivity contribution in [3.63, 3.8) is 0 Å². The molecule has 0 unspecified atom stereocenters. The van der Waals surface area contributed by atoms with Crippen LogP contribution in [0.1, 0.15) is 6.42 Å². The average molecular weight is 214 g/mol. The topological polar surface area (TPSA) is 114 Å². The predicted molar refractivity (Wildman–Crippen MR) is 50.7 cm³/mol. The van der Waals surface area contributed by atoms with Gasteiger partial charge in [-0.25, -0.2) is 15.6 Å². The van der Waals surface area contributed by atoms with Crippen LogP contribution >= 0.6 is 12.4 Å². The molecule has 0 aromatic heterocycles. The maximum atomic E-state index is 10.5. The molecule has 0 spiro atoms. The summed E-state index contributed by atoms with van der Waals surface area (Å²) >= 11 is 0. The molecule has 0 aromatic rings. The monoisotopic (exact) mass is 213 g/mol. The zero-order valence-corrected chi connectivity index (χ0v) is 8.19. The van der Waals surface area contributed by atoms with Gasteiger partial charge in [-0.3, -0.25) is 11.7 Å². The maximum Gasteiger partial charge on any atom is 0.406 e. The number of halogens is 1. The van der Waals surface area contributed by atoms with Gasteiger partial charge in [0.05, 0.1) is 13.3 Å². The van der Waals surface area contributed by atoms with E-state index >= 15 is 0 Å². The summed E-state index contributed by atoms with van der Waals surface area (Å²) in [5.41, 5.74) is 4.83. The molecule has 7 N–H and O–H groups in total. The Hall–Kier alpha value is -0.600. The molecule has 0 saturated heterocycles. The highest BCUT2D eigenvalue weighted by Gasteiger charge is 2.03. The summed E-state index contributed by atoms with van der Waals surface area (Å²) in [6, 6.07) is 0. The molecular weight excluding hydrogens is 198 g/mol. The number of amides is 1. The second kappa shape index (κ2) is 9.49. The fourth-order valence-corrected chi connectivity index (χ4v) is 0.606. The summed E-state index contributed by atoms with van der Waals surface area (Å²) < 4.78 is 4.35. The van der Waals surface area contributed by atoms with Crippen LogP contribution in [0, 0.1) is 0 Å². The molecule has 0 aliphatic rings. The van der Waals surface area contributed by atoms with Crippen molar-refractivity contribution in [3.05, 3.63) is 0 Å². The van der Waals surface area contributed by atoms with Gasteiger partial charge in [-0.2, -0.15) is 0 Å². The highest BCUT2D eigenvalue weighted by molar-refractivity contribution is 5.85. The van der Waals surface area contributed by atoms with Crippen LogP contribution in [0.3, 0.4) is 0 Å². The first-order valence-corrected chi connectivity index (χ1v) is 3.48. The first kappa shape index (κ1) is 14.9. The lowest BCUT2D eigenvalue weighted by Crippen LogP contribution is -2.50. The number of alkyl carbamates (subject to hydrolysis) is 1. The summed E-state index contributed by atoms with van der Waals surface area (Å²) in [5.74, 6) is 10.2. The number of rotatable bonds is 5. The molecule has 8 heteroatoms. The predicted octanol–water partition coefficient (Wildman–Crippen LogP) is -1.59. The average Bonchev–Trinajstić information content (AvgIpc) is 2.12. The summed E-state index contributed by atoms with van der Waals surface area (Å²) in [7, 11) is 1.30. The first-order chi connectivity index (χ1) is 5.74. The highest BCUT2D eigenvalue weighted by atomic mass is 35.5. The molecule has 0 radical (unpaired) electrons. The van der Waals surface area contributed by atoms with E-state index in [1.807, 2.05) is 0 Å². The molecule has 0 fully saturated rings. The number of methoxy groups -OCH3 is 1. The van der Waals surface area contributed by atoms with Crippen LogP contribution in [-0.4, -0.2) is 25.9 Å². The van der Waals surface area contributed by atoms with E-state index in [1.54, 1.807) is 0 Å². The Labute approximate surface area is 82.9 Å². The summed E-state index contributed by atoms with van der Waals surface area (Å²) in [4.78, 5) is 10.5. The first-order valence-electron chi connectivity index (χ1n) is 3.48. The number of nitrogens with one attached hydrogen (secondary N) is 3. The quantitative estimate of drug-likeness (QED) is 0.214. The van der Waals surface area contributed by atoms with Crippen molar-refractivity contribution >= 4 is 18.5 Å². The largest absolute Gasteiger partial charge is 0.453 e. The number of carbonyl (C=O) groups excluding carboxylic acids is 1. The molecule has 0 atom stereocenters. The molecule has 0 saturated carbocycles. The minimum atomic E-state index is -0.470. The summed E-state index contributed by atoms with van der Waals surface area (Å²) in [5, 5.41) is 2.48. The third-order valence-corrected chi connectivity index (χ3v) is 1.29. The highest BCUT2D eigenvalue weighted by Crippen LogP contribution is 1.81. The second-order valence-corrected chi connectivity index (χ2v) is 2.09.